The normalized spacial score (nSPS) is 11.9. The lowest BCUT2D eigenvalue weighted by Gasteiger charge is -2.24. The molecule has 2 aromatic rings. The molecular formula is C25H31ClN2O6. The molecule has 2 aromatic carbocycles. The van der Waals surface area contributed by atoms with Crippen LogP contribution in [0.15, 0.2) is 48.5 Å². The molecule has 2 N–H and O–H groups in total. The van der Waals surface area contributed by atoms with Crippen molar-refractivity contribution in [1.82, 2.24) is 10.6 Å². The molecular weight excluding hydrogens is 460 g/mol. The van der Waals surface area contributed by atoms with Gasteiger partial charge in [-0.25, -0.2) is 4.79 Å². The van der Waals surface area contributed by atoms with Crippen molar-refractivity contribution in [2.75, 3.05) is 20.4 Å². The van der Waals surface area contributed by atoms with Crippen LogP contribution in [0.4, 0.5) is 0 Å². The quantitative estimate of drug-likeness (QED) is 0.346. The van der Waals surface area contributed by atoms with Crippen molar-refractivity contribution in [3.63, 3.8) is 0 Å². The van der Waals surface area contributed by atoms with Crippen LogP contribution in [-0.2, 0) is 25.5 Å². The third-order valence-electron chi connectivity index (χ3n) is 5.03. The highest BCUT2D eigenvalue weighted by atomic mass is 35.5. The Morgan fingerprint density at radius 1 is 1.00 bits per heavy atom. The van der Waals surface area contributed by atoms with E-state index in [0.717, 1.165) is 5.56 Å². The monoisotopic (exact) mass is 490 g/mol. The van der Waals surface area contributed by atoms with Gasteiger partial charge in [0.15, 0.2) is 5.60 Å². The molecule has 184 valence electrons. The first-order valence-electron chi connectivity index (χ1n) is 11.0. The average Bonchev–Trinajstić information content (AvgIpc) is 2.81. The molecule has 34 heavy (non-hydrogen) atoms. The molecule has 1 atom stereocenters. The smallest absolute Gasteiger partial charge is 0.352 e. The maximum Gasteiger partial charge on any atom is 0.352 e. The minimum Gasteiger partial charge on any atom is -0.476 e. The first-order chi connectivity index (χ1) is 16.2. The number of ether oxygens (including phenoxy) is 3. The summed E-state index contributed by atoms with van der Waals surface area (Å²) in [4.78, 5) is 36.3. The number of rotatable bonds is 12. The van der Waals surface area contributed by atoms with Crippen LogP contribution in [0.3, 0.4) is 0 Å². The Morgan fingerprint density at radius 3 is 2.24 bits per heavy atom. The van der Waals surface area contributed by atoms with Crippen LogP contribution in [0, 0.1) is 0 Å². The number of hydrogen-bond donors (Lipinski definition) is 2. The van der Waals surface area contributed by atoms with Crippen molar-refractivity contribution in [3.05, 3.63) is 64.7 Å². The fourth-order valence-corrected chi connectivity index (χ4v) is 3.11. The topological polar surface area (TPSA) is 103 Å². The zero-order valence-corrected chi connectivity index (χ0v) is 20.6. The van der Waals surface area contributed by atoms with Crippen LogP contribution < -0.4 is 15.4 Å². The minimum absolute atomic E-state index is 0.168. The number of likely N-dealkylation sites (N-methyl/N-ethyl adjacent to an activating group) is 1. The second kappa shape index (κ2) is 13.0. The Hall–Kier alpha value is -3.10. The van der Waals surface area contributed by atoms with Gasteiger partial charge in [-0.2, -0.15) is 0 Å². The summed E-state index contributed by atoms with van der Waals surface area (Å²) >= 11 is 5.84. The molecule has 9 heteroatoms. The van der Waals surface area contributed by atoms with E-state index in [1.165, 1.54) is 0 Å². The highest BCUT2D eigenvalue weighted by Crippen LogP contribution is 2.20. The van der Waals surface area contributed by atoms with E-state index in [0.29, 0.717) is 35.7 Å². The van der Waals surface area contributed by atoms with Gasteiger partial charge in [0.1, 0.15) is 11.8 Å². The van der Waals surface area contributed by atoms with E-state index < -0.39 is 30.4 Å². The highest BCUT2D eigenvalue weighted by Gasteiger charge is 2.32. The summed E-state index contributed by atoms with van der Waals surface area (Å²) < 4.78 is 15.8. The molecule has 1 amide bonds. The summed E-state index contributed by atoms with van der Waals surface area (Å²) in [6.07, 6.45) is 1.18. The number of halogens is 1. The molecule has 0 heterocycles. The lowest BCUT2D eigenvalue weighted by molar-refractivity contribution is -0.178. The number of carbonyl (C=O) groups is 3. The van der Waals surface area contributed by atoms with Crippen LogP contribution in [0.5, 0.6) is 5.75 Å². The summed E-state index contributed by atoms with van der Waals surface area (Å²) in [7, 11) is 1.65. The Labute approximate surface area is 204 Å². The van der Waals surface area contributed by atoms with Gasteiger partial charge in [0.2, 0.25) is 6.79 Å². The molecule has 0 bridgehead atoms. The number of amides is 1. The Balaban J connectivity index is 1.78. The summed E-state index contributed by atoms with van der Waals surface area (Å²) in [5.74, 6) is -0.837. The number of nitrogens with one attached hydrogen (secondary N) is 2. The maximum absolute atomic E-state index is 12.4. The Kier molecular flexibility index (Phi) is 10.3. The van der Waals surface area contributed by atoms with Gasteiger partial charge in [-0.05, 0) is 75.7 Å². The maximum atomic E-state index is 12.4. The molecule has 1 unspecified atom stereocenters. The summed E-state index contributed by atoms with van der Waals surface area (Å²) in [5.41, 5.74) is 0.253. The molecule has 0 aliphatic rings. The first kappa shape index (κ1) is 27.1. The van der Waals surface area contributed by atoms with Gasteiger partial charge in [-0.1, -0.05) is 30.7 Å². The molecule has 0 fully saturated rings. The average molecular weight is 491 g/mol. The molecule has 0 aromatic heterocycles. The van der Waals surface area contributed by atoms with Crippen LogP contribution in [0.2, 0.25) is 5.02 Å². The van der Waals surface area contributed by atoms with Crippen molar-refractivity contribution in [2.24, 2.45) is 0 Å². The largest absolute Gasteiger partial charge is 0.476 e. The molecule has 8 nitrogen and oxygen atoms in total. The number of carbonyl (C=O) groups excluding carboxylic acids is 3. The summed E-state index contributed by atoms with van der Waals surface area (Å²) in [6, 6.07) is 13.4. The van der Waals surface area contributed by atoms with Gasteiger partial charge < -0.3 is 24.8 Å². The number of esters is 2. The van der Waals surface area contributed by atoms with Crippen LogP contribution >= 0.6 is 11.6 Å². The lowest BCUT2D eigenvalue weighted by Crippen LogP contribution is -2.41. The van der Waals surface area contributed by atoms with E-state index >= 15 is 0 Å². The van der Waals surface area contributed by atoms with Gasteiger partial charge in [-0.15, -0.1) is 0 Å². The fraction of sp³-hybridized carbons (Fsp3) is 0.400. The third-order valence-corrected chi connectivity index (χ3v) is 5.28. The standard InChI is InChI=1S/C25H31ClN2O6/c1-5-21(27-4)23(30)32-16-33-24(31)25(2,3)34-20-12-6-17(7-13-20)14-15-28-22(29)18-8-10-19(26)11-9-18/h6-13,21,27H,5,14-16H2,1-4H3,(H,28,29). The van der Waals surface area contributed by atoms with Gasteiger partial charge in [0, 0.05) is 17.1 Å². The summed E-state index contributed by atoms with van der Waals surface area (Å²) in [6.45, 7) is 4.96. The number of benzene rings is 2. The van der Waals surface area contributed by atoms with Crippen molar-refractivity contribution in [1.29, 1.82) is 0 Å². The Morgan fingerprint density at radius 2 is 1.65 bits per heavy atom. The third kappa shape index (κ3) is 8.35. The molecule has 0 aliphatic heterocycles. The molecule has 0 spiro atoms. The predicted molar refractivity (Wildman–Crippen MR) is 129 cm³/mol. The predicted octanol–water partition coefficient (Wildman–Crippen LogP) is 3.51. The van der Waals surface area contributed by atoms with E-state index in [9.17, 15) is 14.4 Å². The Bertz CT molecular complexity index is 956. The number of hydrogen-bond acceptors (Lipinski definition) is 7. The zero-order valence-electron chi connectivity index (χ0n) is 19.9. The van der Waals surface area contributed by atoms with E-state index in [-0.39, 0.29) is 5.91 Å². The van der Waals surface area contributed by atoms with Crippen LogP contribution in [0.25, 0.3) is 0 Å². The SMILES string of the molecule is CCC(NC)C(=O)OCOC(=O)C(C)(C)Oc1ccc(CCNC(=O)c2ccc(Cl)cc2)cc1. The van der Waals surface area contributed by atoms with Gasteiger partial charge in [-0.3, -0.25) is 9.59 Å². The van der Waals surface area contributed by atoms with Gasteiger partial charge >= 0.3 is 11.9 Å². The van der Waals surface area contributed by atoms with Gasteiger partial charge in [0.05, 0.1) is 0 Å². The molecule has 0 saturated heterocycles. The van der Waals surface area contributed by atoms with E-state index in [1.54, 1.807) is 57.3 Å². The van der Waals surface area contributed by atoms with Crippen LogP contribution in [0.1, 0.15) is 43.1 Å². The molecule has 2 rings (SSSR count). The van der Waals surface area contributed by atoms with Gasteiger partial charge in [0.25, 0.3) is 5.91 Å². The van der Waals surface area contributed by atoms with Crippen molar-refractivity contribution in [2.45, 2.75) is 45.3 Å². The van der Waals surface area contributed by atoms with E-state index in [2.05, 4.69) is 10.6 Å². The molecule has 0 aliphatic carbocycles. The minimum atomic E-state index is -1.28. The second-order valence-electron chi connectivity index (χ2n) is 8.03. The highest BCUT2D eigenvalue weighted by molar-refractivity contribution is 6.30. The second-order valence-corrected chi connectivity index (χ2v) is 8.47. The van der Waals surface area contributed by atoms with Crippen molar-refractivity contribution < 1.29 is 28.6 Å². The van der Waals surface area contributed by atoms with E-state index in [1.807, 2.05) is 19.1 Å². The van der Waals surface area contributed by atoms with Crippen molar-refractivity contribution in [3.8, 4) is 5.75 Å². The molecule has 0 saturated carbocycles. The molecule has 0 radical (unpaired) electrons. The fourth-order valence-electron chi connectivity index (χ4n) is 2.99. The zero-order chi connectivity index (χ0) is 25.1. The first-order valence-corrected chi connectivity index (χ1v) is 11.4. The van der Waals surface area contributed by atoms with Crippen molar-refractivity contribution >= 4 is 29.4 Å². The summed E-state index contributed by atoms with van der Waals surface area (Å²) in [5, 5.41) is 6.26. The van der Waals surface area contributed by atoms with E-state index in [4.69, 9.17) is 25.8 Å². The lowest BCUT2D eigenvalue weighted by atomic mass is 10.1. The van der Waals surface area contributed by atoms with Crippen LogP contribution in [-0.4, -0.2) is 49.9 Å².